The van der Waals surface area contributed by atoms with Crippen LogP contribution in [0, 0.1) is 0 Å². The second-order valence-corrected chi connectivity index (χ2v) is 9.66. The highest BCUT2D eigenvalue weighted by molar-refractivity contribution is 6.00. The van der Waals surface area contributed by atoms with E-state index in [1.54, 1.807) is 9.58 Å². The second kappa shape index (κ2) is 10.9. The van der Waals surface area contributed by atoms with Gasteiger partial charge in [0.05, 0.1) is 18.8 Å². The summed E-state index contributed by atoms with van der Waals surface area (Å²) >= 11 is 0. The van der Waals surface area contributed by atoms with Gasteiger partial charge < -0.3 is 15.0 Å². The summed E-state index contributed by atoms with van der Waals surface area (Å²) in [5, 5.41) is 7.78. The lowest BCUT2D eigenvalue weighted by molar-refractivity contribution is -0.133. The first kappa shape index (κ1) is 25.3. The summed E-state index contributed by atoms with van der Waals surface area (Å²) in [5.74, 6) is 0.408. The van der Waals surface area contributed by atoms with Gasteiger partial charge in [-0.05, 0) is 49.6 Å². The maximum absolute atomic E-state index is 13.9. The van der Waals surface area contributed by atoms with E-state index in [0.29, 0.717) is 37.5 Å². The van der Waals surface area contributed by atoms with E-state index in [2.05, 4.69) is 5.32 Å². The molecule has 1 aliphatic rings. The van der Waals surface area contributed by atoms with Crippen molar-refractivity contribution in [3.63, 3.8) is 0 Å². The van der Waals surface area contributed by atoms with Crippen LogP contribution in [-0.4, -0.2) is 45.2 Å². The van der Waals surface area contributed by atoms with Crippen molar-refractivity contribution < 1.29 is 14.3 Å². The van der Waals surface area contributed by atoms with Gasteiger partial charge in [0.25, 0.3) is 5.91 Å². The summed E-state index contributed by atoms with van der Waals surface area (Å²) in [5.41, 5.74) is 3.09. The molecule has 5 rings (SSSR count). The Morgan fingerprint density at radius 1 is 0.974 bits per heavy atom. The number of benzene rings is 3. The molecule has 7 heteroatoms. The van der Waals surface area contributed by atoms with E-state index in [1.807, 2.05) is 105 Å². The number of fused-ring (bicyclic) bond motifs is 1. The SMILES string of the molecule is CCOc1ccc(CCN2C(=O)c3cc(-c4ccccc4)nn3C[C@]2(C)C(=O)NCc2ccccc2)cc1. The van der Waals surface area contributed by atoms with Gasteiger partial charge in [0.1, 0.15) is 17.0 Å². The Hall–Kier alpha value is -4.39. The molecule has 0 saturated carbocycles. The number of nitrogens with one attached hydrogen (secondary N) is 1. The molecule has 3 aromatic carbocycles. The number of rotatable bonds is 9. The molecule has 7 nitrogen and oxygen atoms in total. The molecule has 4 aromatic rings. The molecule has 1 N–H and O–H groups in total. The number of carbonyl (C=O) groups excluding carboxylic acids is 2. The normalized spacial score (nSPS) is 16.7. The van der Waals surface area contributed by atoms with Gasteiger partial charge in [0.2, 0.25) is 5.91 Å². The summed E-state index contributed by atoms with van der Waals surface area (Å²) in [7, 11) is 0. The largest absolute Gasteiger partial charge is 0.494 e. The van der Waals surface area contributed by atoms with Crippen LogP contribution in [0.2, 0.25) is 0 Å². The molecule has 0 fully saturated rings. The Balaban J connectivity index is 1.42. The predicted molar refractivity (Wildman–Crippen MR) is 147 cm³/mol. The summed E-state index contributed by atoms with van der Waals surface area (Å²) in [4.78, 5) is 29.3. The third-order valence-corrected chi connectivity index (χ3v) is 7.01. The topological polar surface area (TPSA) is 76.5 Å². The van der Waals surface area contributed by atoms with E-state index in [1.165, 1.54) is 0 Å². The van der Waals surface area contributed by atoms with E-state index in [9.17, 15) is 9.59 Å². The lowest BCUT2D eigenvalue weighted by Crippen LogP contribution is -2.64. The van der Waals surface area contributed by atoms with Crippen LogP contribution in [0.15, 0.2) is 91.0 Å². The Morgan fingerprint density at radius 3 is 2.34 bits per heavy atom. The van der Waals surface area contributed by atoms with Crippen LogP contribution < -0.4 is 10.1 Å². The molecule has 0 radical (unpaired) electrons. The highest BCUT2D eigenvalue weighted by Gasteiger charge is 2.47. The van der Waals surface area contributed by atoms with Crippen molar-refractivity contribution in [1.29, 1.82) is 0 Å². The molecule has 1 atom stereocenters. The van der Waals surface area contributed by atoms with Crippen LogP contribution in [0.3, 0.4) is 0 Å². The van der Waals surface area contributed by atoms with Crippen LogP contribution in [0.25, 0.3) is 11.3 Å². The average Bonchev–Trinajstić information content (AvgIpc) is 3.37. The number of aromatic nitrogens is 2. The van der Waals surface area contributed by atoms with Gasteiger partial charge in [0, 0.05) is 18.7 Å². The summed E-state index contributed by atoms with van der Waals surface area (Å²) in [6.07, 6.45) is 0.610. The molecule has 38 heavy (non-hydrogen) atoms. The fraction of sp³-hybridized carbons (Fsp3) is 0.258. The Morgan fingerprint density at radius 2 is 1.66 bits per heavy atom. The van der Waals surface area contributed by atoms with Crippen LogP contribution in [0.4, 0.5) is 0 Å². The van der Waals surface area contributed by atoms with Gasteiger partial charge in [0.15, 0.2) is 0 Å². The van der Waals surface area contributed by atoms with Gasteiger partial charge in [-0.2, -0.15) is 5.10 Å². The molecule has 2 heterocycles. The highest BCUT2D eigenvalue weighted by atomic mass is 16.5. The van der Waals surface area contributed by atoms with Crippen molar-refractivity contribution in [1.82, 2.24) is 20.0 Å². The first-order chi connectivity index (χ1) is 18.5. The summed E-state index contributed by atoms with van der Waals surface area (Å²) in [6, 6.07) is 29.2. The Labute approximate surface area is 223 Å². The average molecular weight is 509 g/mol. The number of ether oxygens (including phenoxy) is 1. The lowest BCUT2D eigenvalue weighted by Gasteiger charge is -2.43. The van der Waals surface area contributed by atoms with E-state index in [-0.39, 0.29) is 18.4 Å². The monoisotopic (exact) mass is 508 g/mol. The minimum Gasteiger partial charge on any atom is -0.494 e. The quantitative estimate of drug-likeness (QED) is 0.355. The van der Waals surface area contributed by atoms with Gasteiger partial charge in [-0.25, -0.2) is 0 Å². The maximum Gasteiger partial charge on any atom is 0.273 e. The van der Waals surface area contributed by atoms with Gasteiger partial charge in [-0.1, -0.05) is 72.8 Å². The van der Waals surface area contributed by atoms with Crippen molar-refractivity contribution >= 4 is 11.8 Å². The summed E-state index contributed by atoms with van der Waals surface area (Å²) < 4.78 is 7.23. The molecular weight excluding hydrogens is 476 g/mol. The number of nitrogens with zero attached hydrogens (tertiary/aromatic N) is 3. The zero-order valence-electron chi connectivity index (χ0n) is 21.8. The van der Waals surface area contributed by atoms with E-state index >= 15 is 0 Å². The summed E-state index contributed by atoms with van der Waals surface area (Å²) in [6.45, 7) is 5.44. The van der Waals surface area contributed by atoms with Crippen LogP contribution >= 0.6 is 0 Å². The molecule has 194 valence electrons. The fourth-order valence-corrected chi connectivity index (χ4v) is 4.87. The molecule has 1 aliphatic heterocycles. The minimum absolute atomic E-state index is 0.200. The molecule has 0 unspecified atom stereocenters. The van der Waals surface area contributed by atoms with Crippen molar-refractivity contribution in [3.05, 3.63) is 108 Å². The molecule has 1 aromatic heterocycles. The van der Waals surface area contributed by atoms with Crippen LogP contribution in [-0.2, 0) is 24.3 Å². The van der Waals surface area contributed by atoms with E-state index in [0.717, 1.165) is 22.4 Å². The smallest absolute Gasteiger partial charge is 0.273 e. The fourth-order valence-electron chi connectivity index (χ4n) is 4.87. The van der Waals surface area contributed by atoms with Crippen molar-refractivity contribution in [2.45, 2.75) is 38.9 Å². The first-order valence-electron chi connectivity index (χ1n) is 13.0. The molecular formula is C31H32N4O3. The molecule has 0 bridgehead atoms. The number of hydrogen-bond acceptors (Lipinski definition) is 4. The molecule has 0 spiro atoms. The molecule has 0 saturated heterocycles. The van der Waals surface area contributed by atoms with E-state index < -0.39 is 5.54 Å². The highest BCUT2D eigenvalue weighted by Crippen LogP contribution is 2.30. The van der Waals surface area contributed by atoms with Crippen molar-refractivity contribution in [2.75, 3.05) is 13.2 Å². The second-order valence-electron chi connectivity index (χ2n) is 9.66. The van der Waals surface area contributed by atoms with E-state index in [4.69, 9.17) is 9.84 Å². The Kier molecular flexibility index (Phi) is 7.26. The number of hydrogen-bond donors (Lipinski definition) is 1. The first-order valence-corrected chi connectivity index (χ1v) is 13.0. The van der Waals surface area contributed by atoms with Gasteiger partial charge in [-0.15, -0.1) is 0 Å². The van der Waals surface area contributed by atoms with Crippen LogP contribution in [0.1, 0.15) is 35.5 Å². The maximum atomic E-state index is 13.9. The zero-order valence-corrected chi connectivity index (χ0v) is 21.8. The minimum atomic E-state index is -1.11. The van der Waals surface area contributed by atoms with Crippen LogP contribution in [0.5, 0.6) is 5.75 Å². The molecule has 0 aliphatic carbocycles. The standard InChI is InChI=1S/C31H32N4O3/c1-3-38-26-16-14-23(15-17-26)18-19-34-29(36)28-20-27(25-12-8-5-9-13-25)33-35(28)22-31(34,2)30(37)32-21-24-10-6-4-7-11-24/h4-17,20H,3,18-19,21-22H2,1-2H3,(H,32,37)/t31-/m1/s1. The number of carbonyl (C=O) groups is 2. The van der Waals surface area contributed by atoms with Crippen molar-refractivity contribution in [3.8, 4) is 17.0 Å². The van der Waals surface area contributed by atoms with Crippen molar-refractivity contribution in [2.24, 2.45) is 0 Å². The lowest BCUT2D eigenvalue weighted by atomic mass is 9.94. The predicted octanol–water partition coefficient (Wildman–Crippen LogP) is 4.72. The third kappa shape index (κ3) is 5.18. The number of amides is 2. The zero-order chi connectivity index (χ0) is 26.5. The third-order valence-electron chi connectivity index (χ3n) is 7.01. The van der Waals surface area contributed by atoms with Gasteiger partial charge in [-0.3, -0.25) is 14.3 Å². The molecule has 2 amide bonds. The Bertz CT molecular complexity index is 1400. The van der Waals surface area contributed by atoms with Gasteiger partial charge >= 0.3 is 0 Å².